The number of thioether (sulfide) groups is 1. The SMILES string of the molecule is CCn1c(CCCOc2ccc(Cl)cc2Cl)nnc1SCC(=O)Nc1cc(C)ccc1C. The summed E-state index contributed by atoms with van der Waals surface area (Å²) in [6, 6.07) is 11.2. The number of ether oxygens (including phenoxy) is 1. The molecule has 0 bridgehead atoms. The lowest BCUT2D eigenvalue weighted by atomic mass is 10.1. The van der Waals surface area contributed by atoms with Crippen LogP contribution in [0.1, 0.15) is 30.3 Å². The maximum Gasteiger partial charge on any atom is 0.234 e. The standard InChI is InChI=1S/C23H26Cl2N4O2S/c1-4-29-21(6-5-11-31-20-10-9-17(24)13-18(20)25)27-28-23(29)32-14-22(30)26-19-12-15(2)7-8-16(19)3/h7-10,12-13H,4-6,11,14H2,1-3H3,(H,26,30). The molecule has 1 aromatic heterocycles. The van der Waals surface area contributed by atoms with E-state index in [1.807, 2.05) is 43.5 Å². The molecule has 170 valence electrons. The van der Waals surface area contributed by atoms with E-state index in [1.165, 1.54) is 11.8 Å². The Kier molecular flexibility index (Phi) is 8.84. The van der Waals surface area contributed by atoms with Gasteiger partial charge in [0.05, 0.1) is 17.4 Å². The molecule has 3 aromatic rings. The van der Waals surface area contributed by atoms with Gasteiger partial charge in [-0.25, -0.2) is 0 Å². The van der Waals surface area contributed by atoms with Gasteiger partial charge in [-0.1, -0.05) is 47.1 Å². The summed E-state index contributed by atoms with van der Waals surface area (Å²) < 4.78 is 7.77. The van der Waals surface area contributed by atoms with Crippen molar-refractivity contribution < 1.29 is 9.53 Å². The fourth-order valence-corrected chi connectivity index (χ4v) is 4.40. The third kappa shape index (κ3) is 6.64. The Morgan fingerprint density at radius 3 is 2.72 bits per heavy atom. The summed E-state index contributed by atoms with van der Waals surface area (Å²) in [7, 11) is 0. The second kappa shape index (κ2) is 11.6. The Bertz CT molecular complexity index is 1090. The van der Waals surface area contributed by atoms with Crippen LogP contribution >= 0.6 is 35.0 Å². The molecule has 0 saturated carbocycles. The lowest BCUT2D eigenvalue weighted by Gasteiger charge is -2.10. The van der Waals surface area contributed by atoms with Crippen molar-refractivity contribution in [2.24, 2.45) is 0 Å². The van der Waals surface area contributed by atoms with Gasteiger partial charge in [-0.2, -0.15) is 0 Å². The fourth-order valence-electron chi connectivity index (χ4n) is 3.12. The van der Waals surface area contributed by atoms with Crippen LogP contribution in [0.4, 0.5) is 5.69 Å². The van der Waals surface area contributed by atoms with Crippen molar-refractivity contribution in [2.75, 3.05) is 17.7 Å². The molecule has 1 heterocycles. The molecule has 32 heavy (non-hydrogen) atoms. The third-order valence-corrected chi connectivity index (χ3v) is 6.30. The molecular weight excluding hydrogens is 467 g/mol. The number of rotatable bonds is 10. The first kappa shape index (κ1) is 24.4. The van der Waals surface area contributed by atoms with Gasteiger partial charge in [0.2, 0.25) is 5.91 Å². The Balaban J connectivity index is 1.50. The lowest BCUT2D eigenvalue weighted by molar-refractivity contribution is -0.113. The molecule has 0 atom stereocenters. The van der Waals surface area contributed by atoms with Gasteiger partial charge in [0.1, 0.15) is 11.6 Å². The monoisotopic (exact) mass is 492 g/mol. The number of hydrogen-bond donors (Lipinski definition) is 1. The number of aryl methyl sites for hydroxylation is 3. The van der Waals surface area contributed by atoms with Crippen LogP contribution in [0.2, 0.25) is 10.0 Å². The molecule has 0 aliphatic carbocycles. The van der Waals surface area contributed by atoms with Crippen LogP contribution in [0.15, 0.2) is 41.6 Å². The topological polar surface area (TPSA) is 69.0 Å². The minimum absolute atomic E-state index is 0.0656. The maximum absolute atomic E-state index is 12.4. The highest BCUT2D eigenvalue weighted by Crippen LogP contribution is 2.27. The molecule has 9 heteroatoms. The number of hydrogen-bond acceptors (Lipinski definition) is 5. The number of carbonyl (C=O) groups is 1. The maximum atomic E-state index is 12.4. The number of carbonyl (C=O) groups excluding carboxylic acids is 1. The molecule has 0 spiro atoms. The smallest absolute Gasteiger partial charge is 0.234 e. The number of nitrogens with zero attached hydrogens (tertiary/aromatic N) is 3. The summed E-state index contributed by atoms with van der Waals surface area (Å²) in [5.41, 5.74) is 2.99. The van der Waals surface area contributed by atoms with Gasteiger partial charge in [0.25, 0.3) is 0 Å². The number of amides is 1. The first-order valence-electron chi connectivity index (χ1n) is 10.4. The quantitative estimate of drug-likeness (QED) is 0.279. The third-order valence-electron chi connectivity index (χ3n) is 4.81. The van der Waals surface area contributed by atoms with Crippen LogP contribution in [0.3, 0.4) is 0 Å². The fraction of sp³-hybridized carbons (Fsp3) is 0.348. The summed E-state index contributed by atoms with van der Waals surface area (Å²) >= 11 is 13.4. The summed E-state index contributed by atoms with van der Waals surface area (Å²) in [6.45, 7) is 7.25. The average molecular weight is 493 g/mol. The molecule has 0 aliphatic rings. The Hall–Kier alpha value is -2.22. The zero-order valence-corrected chi connectivity index (χ0v) is 20.7. The predicted octanol–water partition coefficient (Wildman–Crippen LogP) is 5.96. The Morgan fingerprint density at radius 2 is 1.97 bits per heavy atom. The number of halogens is 2. The van der Waals surface area contributed by atoms with Crippen molar-refractivity contribution in [1.29, 1.82) is 0 Å². The minimum Gasteiger partial charge on any atom is -0.492 e. The molecular formula is C23H26Cl2N4O2S. The first-order valence-corrected chi connectivity index (χ1v) is 12.1. The molecule has 0 saturated heterocycles. The van der Waals surface area contributed by atoms with E-state index in [1.54, 1.807) is 18.2 Å². The first-order chi connectivity index (χ1) is 15.4. The van der Waals surface area contributed by atoms with Crippen molar-refractivity contribution in [3.63, 3.8) is 0 Å². The summed E-state index contributed by atoms with van der Waals surface area (Å²) in [5.74, 6) is 1.68. The lowest BCUT2D eigenvalue weighted by Crippen LogP contribution is -2.15. The van der Waals surface area contributed by atoms with E-state index in [2.05, 4.69) is 15.5 Å². The molecule has 3 rings (SSSR count). The highest BCUT2D eigenvalue weighted by Gasteiger charge is 2.14. The Morgan fingerprint density at radius 1 is 1.16 bits per heavy atom. The van der Waals surface area contributed by atoms with Crippen molar-refractivity contribution in [3.05, 3.63) is 63.4 Å². The molecule has 1 amide bonds. The average Bonchev–Trinajstić information content (AvgIpc) is 3.15. The number of anilines is 1. The molecule has 0 aliphatic heterocycles. The second-order valence-corrected chi connectivity index (χ2v) is 9.11. The zero-order chi connectivity index (χ0) is 23.1. The van der Waals surface area contributed by atoms with Crippen LogP contribution in [-0.4, -0.2) is 33.0 Å². The summed E-state index contributed by atoms with van der Waals surface area (Å²) in [6.07, 6.45) is 1.47. The van der Waals surface area contributed by atoms with E-state index < -0.39 is 0 Å². The van der Waals surface area contributed by atoms with Crippen LogP contribution in [0.5, 0.6) is 5.75 Å². The predicted molar refractivity (Wildman–Crippen MR) is 131 cm³/mol. The largest absolute Gasteiger partial charge is 0.492 e. The van der Waals surface area contributed by atoms with E-state index in [0.717, 1.165) is 40.8 Å². The van der Waals surface area contributed by atoms with Gasteiger partial charge in [-0.15, -0.1) is 10.2 Å². The van der Waals surface area contributed by atoms with E-state index in [-0.39, 0.29) is 11.7 Å². The molecule has 1 N–H and O–H groups in total. The van der Waals surface area contributed by atoms with E-state index >= 15 is 0 Å². The zero-order valence-electron chi connectivity index (χ0n) is 18.3. The van der Waals surface area contributed by atoms with E-state index in [0.29, 0.717) is 28.8 Å². The van der Waals surface area contributed by atoms with Crippen molar-refractivity contribution in [2.45, 2.75) is 45.3 Å². The van der Waals surface area contributed by atoms with Crippen LogP contribution in [-0.2, 0) is 17.8 Å². The summed E-state index contributed by atoms with van der Waals surface area (Å²) in [5, 5.41) is 13.4. The van der Waals surface area contributed by atoms with Crippen molar-refractivity contribution in [3.8, 4) is 5.75 Å². The normalized spacial score (nSPS) is 10.9. The van der Waals surface area contributed by atoms with Crippen molar-refractivity contribution in [1.82, 2.24) is 14.8 Å². The van der Waals surface area contributed by atoms with E-state index in [4.69, 9.17) is 27.9 Å². The second-order valence-electron chi connectivity index (χ2n) is 7.33. The molecule has 0 radical (unpaired) electrons. The van der Waals surface area contributed by atoms with Gasteiger partial charge in [0.15, 0.2) is 5.16 Å². The van der Waals surface area contributed by atoms with Crippen LogP contribution in [0.25, 0.3) is 0 Å². The molecule has 0 fully saturated rings. The number of aromatic nitrogens is 3. The van der Waals surface area contributed by atoms with Gasteiger partial charge in [0, 0.05) is 23.7 Å². The number of benzene rings is 2. The highest BCUT2D eigenvalue weighted by atomic mass is 35.5. The van der Waals surface area contributed by atoms with Crippen LogP contribution in [0, 0.1) is 13.8 Å². The van der Waals surface area contributed by atoms with Gasteiger partial charge >= 0.3 is 0 Å². The molecule has 0 unspecified atom stereocenters. The minimum atomic E-state index is -0.0656. The molecule has 2 aromatic carbocycles. The van der Waals surface area contributed by atoms with Gasteiger partial charge in [-0.3, -0.25) is 4.79 Å². The van der Waals surface area contributed by atoms with Gasteiger partial charge < -0.3 is 14.6 Å². The van der Waals surface area contributed by atoms with Crippen LogP contribution < -0.4 is 10.1 Å². The number of nitrogens with one attached hydrogen (secondary N) is 1. The summed E-state index contributed by atoms with van der Waals surface area (Å²) in [4.78, 5) is 12.4. The molecule has 6 nitrogen and oxygen atoms in total. The van der Waals surface area contributed by atoms with E-state index in [9.17, 15) is 4.79 Å². The van der Waals surface area contributed by atoms with Crippen molar-refractivity contribution >= 4 is 46.6 Å². The highest BCUT2D eigenvalue weighted by molar-refractivity contribution is 7.99. The van der Waals surface area contributed by atoms with Gasteiger partial charge in [-0.05, 0) is 62.6 Å². The Labute approximate surface area is 202 Å².